The molecule has 6 heteroatoms. The zero-order chi connectivity index (χ0) is 19.4. The van der Waals surface area contributed by atoms with Crippen molar-refractivity contribution >= 4 is 17.6 Å². The summed E-state index contributed by atoms with van der Waals surface area (Å²) < 4.78 is 0. The van der Waals surface area contributed by atoms with Crippen molar-refractivity contribution in [3.63, 3.8) is 0 Å². The number of guanidine groups is 1. The maximum atomic E-state index is 12.1. The average molecular weight is 372 g/mol. The highest BCUT2D eigenvalue weighted by Gasteiger charge is 2.28. The number of hydrogen-bond donors (Lipinski definition) is 2. The molecule has 0 aliphatic carbocycles. The number of carbonyl (C=O) groups excluding carboxylic acids is 1. The lowest BCUT2D eigenvalue weighted by Gasteiger charge is -2.26. The molecule has 2 unspecified atom stereocenters. The number of fused-ring (bicyclic) bond motifs is 1. The Hall–Kier alpha value is -2.24. The van der Waals surface area contributed by atoms with Gasteiger partial charge in [-0.05, 0) is 31.4 Å². The topological polar surface area (TPSA) is 60.0 Å². The molecule has 148 valence electrons. The third-order valence-electron chi connectivity index (χ3n) is 5.55. The summed E-state index contributed by atoms with van der Waals surface area (Å²) in [6.07, 6.45) is 2.08. The van der Waals surface area contributed by atoms with Crippen molar-refractivity contribution in [3.8, 4) is 0 Å². The van der Waals surface area contributed by atoms with E-state index in [2.05, 4.69) is 51.7 Å². The molecule has 3 rings (SSSR count). The third kappa shape index (κ3) is 4.54. The van der Waals surface area contributed by atoms with Gasteiger partial charge in [0.15, 0.2) is 5.96 Å². The lowest BCUT2D eigenvalue weighted by molar-refractivity contribution is -0.133. The Morgan fingerprint density at radius 2 is 2.11 bits per heavy atom. The van der Waals surface area contributed by atoms with Gasteiger partial charge in [-0.1, -0.05) is 32.0 Å². The van der Waals surface area contributed by atoms with Gasteiger partial charge < -0.3 is 20.4 Å². The van der Waals surface area contributed by atoms with Crippen LogP contribution in [0.2, 0.25) is 0 Å². The highest BCUT2D eigenvalue weighted by Crippen LogP contribution is 2.31. The minimum Gasteiger partial charge on any atom is -0.367 e. The van der Waals surface area contributed by atoms with E-state index in [4.69, 9.17) is 0 Å². The molecule has 27 heavy (non-hydrogen) atoms. The number of anilines is 1. The van der Waals surface area contributed by atoms with E-state index < -0.39 is 0 Å². The Morgan fingerprint density at radius 1 is 1.33 bits per heavy atom. The molecule has 0 bridgehead atoms. The van der Waals surface area contributed by atoms with Crippen LogP contribution in [0.3, 0.4) is 0 Å². The number of likely N-dealkylation sites (tertiary alicyclic amines) is 1. The fraction of sp³-hybridized carbons (Fsp3) is 0.619. The van der Waals surface area contributed by atoms with Crippen LogP contribution < -0.4 is 15.5 Å². The van der Waals surface area contributed by atoms with Gasteiger partial charge in [0.25, 0.3) is 0 Å². The molecule has 0 saturated carbocycles. The Morgan fingerprint density at radius 3 is 2.85 bits per heavy atom. The number of rotatable bonds is 5. The smallest absolute Gasteiger partial charge is 0.225 e. The largest absolute Gasteiger partial charge is 0.367 e. The number of nitrogens with one attached hydrogen (secondary N) is 2. The molecule has 2 aliphatic heterocycles. The van der Waals surface area contributed by atoms with E-state index in [1.165, 1.54) is 11.3 Å². The van der Waals surface area contributed by atoms with Crippen LogP contribution >= 0.6 is 0 Å². The summed E-state index contributed by atoms with van der Waals surface area (Å²) in [5, 5.41) is 6.91. The number of amides is 1. The quantitative estimate of drug-likeness (QED) is 0.613. The predicted molar refractivity (Wildman–Crippen MR) is 111 cm³/mol. The second kappa shape index (κ2) is 8.63. The van der Waals surface area contributed by atoms with Crippen LogP contribution in [0.5, 0.6) is 0 Å². The van der Waals surface area contributed by atoms with Gasteiger partial charge in [0, 0.05) is 56.9 Å². The van der Waals surface area contributed by atoms with Gasteiger partial charge in [0.05, 0.1) is 0 Å². The van der Waals surface area contributed by atoms with Gasteiger partial charge in [-0.2, -0.15) is 0 Å². The number of carbonyl (C=O) groups is 1. The first-order valence-corrected chi connectivity index (χ1v) is 10.1. The molecule has 2 aliphatic rings. The molecule has 2 heterocycles. The average Bonchev–Trinajstić information content (AvgIpc) is 3.24. The highest BCUT2D eigenvalue weighted by atomic mass is 16.2. The van der Waals surface area contributed by atoms with Gasteiger partial charge in [0.2, 0.25) is 5.91 Å². The molecule has 2 atom stereocenters. The van der Waals surface area contributed by atoms with Crippen LogP contribution in [0.15, 0.2) is 29.3 Å². The van der Waals surface area contributed by atoms with Crippen molar-refractivity contribution in [1.82, 2.24) is 15.5 Å². The van der Waals surface area contributed by atoms with Crippen LogP contribution in [0.25, 0.3) is 0 Å². The molecule has 1 aromatic carbocycles. The lowest BCUT2D eigenvalue weighted by atomic mass is 10.1. The summed E-state index contributed by atoms with van der Waals surface area (Å²) in [4.78, 5) is 20.9. The van der Waals surface area contributed by atoms with Crippen LogP contribution in [-0.2, 0) is 11.2 Å². The molecule has 1 aromatic rings. The molecule has 1 fully saturated rings. The van der Waals surface area contributed by atoms with E-state index in [-0.39, 0.29) is 17.9 Å². The van der Waals surface area contributed by atoms with Crippen molar-refractivity contribution in [2.24, 2.45) is 10.9 Å². The predicted octanol–water partition coefficient (Wildman–Crippen LogP) is 1.86. The highest BCUT2D eigenvalue weighted by molar-refractivity contribution is 5.81. The lowest BCUT2D eigenvalue weighted by Crippen LogP contribution is -2.47. The Labute approximate surface area is 163 Å². The molecule has 0 spiro atoms. The summed E-state index contributed by atoms with van der Waals surface area (Å²) in [5.41, 5.74) is 2.79. The summed E-state index contributed by atoms with van der Waals surface area (Å²) in [6.45, 7) is 9.57. The van der Waals surface area contributed by atoms with Gasteiger partial charge in [-0.15, -0.1) is 0 Å². The number of aliphatic imine (C=N–C) groups is 1. The summed E-state index contributed by atoms with van der Waals surface area (Å²) in [6, 6.07) is 9.47. The minimum absolute atomic E-state index is 0.0616. The maximum Gasteiger partial charge on any atom is 0.225 e. The fourth-order valence-electron chi connectivity index (χ4n) is 4.10. The van der Waals surface area contributed by atoms with Gasteiger partial charge in [-0.25, -0.2) is 0 Å². The SMILES string of the molecule is CN=C(NCCN1c2ccccc2CC1C)NC1CCN(C(=O)C(C)C)C1. The zero-order valence-corrected chi connectivity index (χ0v) is 17.0. The van der Waals surface area contributed by atoms with Gasteiger partial charge in [0.1, 0.15) is 0 Å². The van der Waals surface area contributed by atoms with Crippen molar-refractivity contribution in [1.29, 1.82) is 0 Å². The maximum absolute atomic E-state index is 12.1. The first kappa shape index (κ1) is 19.5. The molecule has 6 nitrogen and oxygen atoms in total. The summed E-state index contributed by atoms with van der Waals surface area (Å²) in [7, 11) is 1.80. The molecular weight excluding hydrogens is 338 g/mol. The number of para-hydroxylation sites is 1. The van der Waals surface area contributed by atoms with E-state index >= 15 is 0 Å². The zero-order valence-electron chi connectivity index (χ0n) is 17.0. The van der Waals surface area contributed by atoms with E-state index in [0.717, 1.165) is 45.0 Å². The summed E-state index contributed by atoms with van der Waals surface area (Å²) >= 11 is 0. The van der Waals surface area contributed by atoms with E-state index in [9.17, 15) is 4.79 Å². The number of nitrogens with zero attached hydrogens (tertiary/aromatic N) is 3. The Kier molecular flexibility index (Phi) is 6.24. The monoisotopic (exact) mass is 371 g/mol. The molecular formula is C21H33N5O. The van der Waals surface area contributed by atoms with Crippen molar-refractivity contribution < 1.29 is 4.79 Å². The molecule has 0 aromatic heterocycles. The van der Waals surface area contributed by atoms with Gasteiger partial charge >= 0.3 is 0 Å². The minimum atomic E-state index is 0.0616. The number of benzene rings is 1. The molecule has 1 amide bonds. The third-order valence-corrected chi connectivity index (χ3v) is 5.55. The Bertz CT molecular complexity index is 687. The second-order valence-electron chi connectivity index (χ2n) is 7.94. The second-order valence-corrected chi connectivity index (χ2v) is 7.94. The first-order valence-electron chi connectivity index (χ1n) is 10.1. The summed E-state index contributed by atoms with van der Waals surface area (Å²) in [5.74, 6) is 1.12. The Balaban J connectivity index is 1.46. The molecule has 0 radical (unpaired) electrons. The van der Waals surface area contributed by atoms with Gasteiger partial charge in [-0.3, -0.25) is 9.79 Å². The standard InChI is InChI=1S/C21H33N5O/c1-15(2)20(27)25-11-9-18(14-25)24-21(22-4)23-10-12-26-16(3)13-17-7-5-6-8-19(17)26/h5-8,15-16,18H,9-14H2,1-4H3,(H2,22,23,24). The van der Waals surface area contributed by atoms with Crippen LogP contribution in [-0.4, -0.2) is 62.1 Å². The van der Waals surface area contributed by atoms with Crippen LogP contribution in [0, 0.1) is 5.92 Å². The van der Waals surface area contributed by atoms with E-state index in [0.29, 0.717) is 6.04 Å². The molecule has 2 N–H and O–H groups in total. The van der Waals surface area contributed by atoms with Crippen molar-refractivity contribution in [3.05, 3.63) is 29.8 Å². The van der Waals surface area contributed by atoms with E-state index in [1.54, 1.807) is 7.05 Å². The van der Waals surface area contributed by atoms with Crippen LogP contribution in [0.1, 0.15) is 32.8 Å². The van der Waals surface area contributed by atoms with Crippen molar-refractivity contribution in [2.75, 3.05) is 38.1 Å². The van der Waals surface area contributed by atoms with E-state index in [1.807, 2.05) is 18.7 Å². The fourth-order valence-corrected chi connectivity index (χ4v) is 4.10. The van der Waals surface area contributed by atoms with Crippen molar-refractivity contribution in [2.45, 2.75) is 45.7 Å². The van der Waals surface area contributed by atoms with Crippen LogP contribution in [0.4, 0.5) is 5.69 Å². The normalized spacial score (nSPS) is 22.3. The molecule has 1 saturated heterocycles. The number of hydrogen-bond acceptors (Lipinski definition) is 3. The first-order chi connectivity index (χ1) is 13.0.